The van der Waals surface area contributed by atoms with Gasteiger partial charge in [-0.25, -0.2) is 8.42 Å². The molecule has 1 atom stereocenters. The van der Waals surface area contributed by atoms with E-state index in [9.17, 15) is 13.2 Å². The number of amides is 1. The van der Waals surface area contributed by atoms with Crippen molar-refractivity contribution in [3.63, 3.8) is 0 Å². The topological polar surface area (TPSA) is 92.5 Å². The average molecular weight is 275 g/mol. The molecule has 0 aliphatic carbocycles. The van der Waals surface area contributed by atoms with Gasteiger partial charge in [0, 0.05) is 25.2 Å². The van der Waals surface area contributed by atoms with Gasteiger partial charge < -0.3 is 11.1 Å². The minimum absolute atomic E-state index is 0.114. The molecule has 0 aromatic rings. The van der Waals surface area contributed by atoms with E-state index in [0.717, 1.165) is 32.4 Å². The van der Waals surface area contributed by atoms with Gasteiger partial charge >= 0.3 is 0 Å². The van der Waals surface area contributed by atoms with Gasteiger partial charge in [0.15, 0.2) is 9.84 Å². The SMILES string of the molecule is NC(=O)CN1CCC(NC2CCS(=O)(=O)C2)CC1. The Hall–Kier alpha value is -0.660. The van der Waals surface area contributed by atoms with Crippen LogP contribution in [-0.2, 0) is 14.6 Å². The summed E-state index contributed by atoms with van der Waals surface area (Å²) in [6.07, 6.45) is 2.62. The van der Waals surface area contributed by atoms with Crippen LogP contribution >= 0.6 is 0 Å². The van der Waals surface area contributed by atoms with E-state index < -0.39 is 9.84 Å². The van der Waals surface area contributed by atoms with Crippen molar-refractivity contribution in [1.29, 1.82) is 0 Å². The molecule has 7 heteroatoms. The van der Waals surface area contributed by atoms with Crippen molar-refractivity contribution >= 4 is 15.7 Å². The van der Waals surface area contributed by atoms with E-state index in [1.54, 1.807) is 0 Å². The van der Waals surface area contributed by atoms with Crippen molar-refractivity contribution in [2.75, 3.05) is 31.1 Å². The first-order valence-electron chi connectivity index (χ1n) is 6.42. The number of primary amides is 1. The number of hydrogen-bond donors (Lipinski definition) is 2. The first-order chi connectivity index (χ1) is 8.44. The summed E-state index contributed by atoms with van der Waals surface area (Å²) in [7, 11) is -2.81. The summed E-state index contributed by atoms with van der Waals surface area (Å²) < 4.78 is 22.7. The smallest absolute Gasteiger partial charge is 0.231 e. The van der Waals surface area contributed by atoms with Crippen molar-refractivity contribution < 1.29 is 13.2 Å². The third-order valence-electron chi connectivity index (χ3n) is 3.67. The number of nitrogens with two attached hydrogens (primary N) is 1. The molecule has 1 unspecified atom stereocenters. The van der Waals surface area contributed by atoms with Gasteiger partial charge in [0.25, 0.3) is 0 Å². The lowest BCUT2D eigenvalue weighted by molar-refractivity contribution is -0.119. The number of nitrogens with zero attached hydrogens (tertiary/aromatic N) is 1. The Balaban J connectivity index is 1.72. The summed E-state index contributed by atoms with van der Waals surface area (Å²) in [6.45, 7) is 2.02. The van der Waals surface area contributed by atoms with Crippen LogP contribution in [0.15, 0.2) is 0 Å². The molecular formula is C11H21N3O3S. The number of likely N-dealkylation sites (tertiary alicyclic amines) is 1. The zero-order valence-electron chi connectivity index (χ0n) is 10.5. The van der Waals surface area contributed by atoms with Gasteiger partial charge in [-0.3, -0.25) is 9.69 Å². The molecule has 2 rings (SSSR count). The van der Waals surface area contributed by atoms with E-state index in [0.29, 0.717) is 18.3 Å². The molecule has 0 aromatic heterocycles. The monoisotopic (exact) mass is 275 g/mol. The zero-order valence-corrected chi connectivity index (χ0v) is 11.3. The number of carbonyl (C=O) groups excluding carboxylic acids is 1. The van der Waals surface area contributed by atoms with Crippen LogP contribution < -0.4 is 11.1 Å². The van der Waals surface area contributed by atoms with E-state index >= 15 is 0 Å². The highest BCUT2D eigenvalue weighted by Crippen LogP contribution is 2.16. The first-order valence-corrected chi connectivity index (χ1v) is 8.24. The summed E-state index contributed by atoms with van der Waals surface area (Å²) in [6, 6.07) is 0.482. The summed E-state index contributed by atoms with van der Waals surface area (Å²) in [4.78, 5) is 12.8. The maximum absolute atomic E-state index is 11.4. The third kappa shape index (κ3) is 3.93. The van der Waals surface area contributed by atoms with Crippen molar-refractivity contribution in [2.45, 2.75) is 31.3 Å². The van der Waals surface area contributed by atoms with Crippen molar-refractivity contribution in [3.05, 3.63) is 0 Å². The lowest BCUT2D eigenvalue weighted by Crippen LogP contribution is -2.48. The van der Waals surface area contributed by atoms with Crippen LogP contribution in [0.1, 0.15) is 19.3 Å². The van der Waals surface area contributed by atoms with E-state index in [-0.39, 0.29) is 17.7 Å². The molecule has 0 bridgehead atoms. The predicted molar refractivity (Wildman–Crippen MR) is 68.9 cm³/mol. The third-order valence-corrected chi connectivity index (χ3v) is 5.44. The second-order valence-electron chi connectivity index (χ2n) is 5.28. The number of rotatable bonds is 4. The second-order valence-corrected chi connectivity index (χ2v) is 7.51. The lowest BCUT2D eigenvalue weighted by atomic mass is 10.0. The van der Waals surface area contributed by atoms with E-state index in [2.05, 4.69) is 5.32 Å². The molecule has 3 N–H and O–H groups in total. The highest BCUT2D eigenvalue weighted by Gasteiger charge is 2.30. The Bertz CT molecular complexity index is 402. The van der Waals surface area contributed by atoms with Crippen molar-refractivity contribution in [3.8, 4) is 0 Å². The maximum atomic E-state index is 11.4. The fourth-order valence-electron chi connectivity index (χ4n) is 2.74. The lowest BCUT2D eigenvalue weighted by Gasteiger charge is -2.32. The van der Waals surface area contributed by atoms with E-state index in [1.807, 2.05) is 4.90 Å². The summed E-state index contributed by atoms with van der Waals surface area (Å²) in [5.41, 5.74) is 5.16. The molecule has 2 saturated heterocycles. The Morgan fingerprint density at radius 1 is 1.22 bits per heavy atom. The number of carbonyl (C=O) groups is 1. The minimum Gasteiger partial charge on any atom is -0.369 e. The predicted octanol–water partition coefficient (Wildman–Crippen LogP) is -1.29. The Kier molecular flexibility index (Phi) is 4.24. The number of nitrogens with one attached hydrogen (secondary N) is 1. The highest BCUT2D eigenvalue weighted by molar-refractivity contribution is 7.91. The molecule has 18 heavy (non-hydrogen) atoms. The normalized spacial score (nSPS) is 29.4. The van der Waals surface area contributed by atoms with Crippen molar-refractivity contribution in [2.24, 2.45) is 5.73 Å². The average Bonchev–Trinajstić information content (AvgIpc) is 2.60. The molecule has 0 aromatic carbocycles. The Morgan fingerprint density at radius 3 is 2.39 bits per heavy atom. The molecular weight excluding hydrogens is 254 g/mol. The minimum atomic E-state index is -2.81. The van der Waals surface area contributed by atoms with Crippen LogP contribution in [0.5, 0.6) is 0 Å². The quantitative estimate of drug-likeness (QED) is 0.666. The Morgan fingerprint density at radius 2 is 1.89 bits per heavy atom. The molecule has 1 amide bonds. The van der Waals surface area contributed by atoms with E-state index in [4.69, 9.17) is 5.73 Å². The molecule has 2 fully saturated rings. The summed E-state index contributed by atoms with van der Waals surface area (Å²) in [5.74, 6) is 0.294. The molecule has 2 aliphatic heterocycles. The second kappa shape index (κ2) is 5.54. The van der Waals surface area contributed by atoms with Gasteiger partial charge in [-0.05, 0) is 19.3 Å². The summed E-state index contributed by atoms with van der Waals surface area (Å²) >= 11 is 0. The van der Waals surface area contributed by atoms with Crippen LogP contribution in [0.25, 0.3) is 0 Å². The van der Waals surface area contributed by atoms with Gasteiger partial charge in [0.05, 0.1) is 18.1 Å². The van der Waals surface area contributed by atoms with Crippen LogP contribution in [0, 0.1) is 0 Å². The fourth-order valence-corrected chi connectivity index (χ4v) is 4.42. The molecule has 0 spiro atoms. The highest BCUT2D eigenvalue weighted by atomic mass is 32.2. The largest absolute Gasteiger partial charge is 0.369 e. The zero-order chi connectivity index (χ0) is 13.2. The van der Waals surface area contributed by atoms with Crippen LogP contribution in [0.2, 0.25) is 0 Å². The number of piperidine rings is 1. The molecule has 0 saturated carbocycles. The Labute approximate surface area is 108 Å². The van der Waals surface area contributed by atoms with Gasteiger partial charge in [0.1, 0.15) is 0 Å². The van der Waals surface area contributed by atoms with Gasteiger partial charge in [-0.1, -0.05) is 0 Å². The number of hydrogen-bond acceptors (Lipinski definition) is 5. The molecule has 2 aliphatic rings. The van der Waals surface area contributed by atoms with Crippen LogP contribution in [0.3, 0.4) is 0 Å². The van der Waals surface area contributed by atoms with Crippen LogP contribution in [0.4, 0.5) is 0 Å². The summed E-state index contributed by atoms with van der Waals surface area (Å²) in [5, 5.41) is 3.43. The molecule has 104 valence electrons. The van der Waals surface area contributed by atoms with E-state index in [1.165, 1.54) is 0 Å². The van der Waals surface area contributed by atoms with Crippen molar-refractivity contribution in [1.82, 2.24) is 10.2 Å². The molecule has 2 heterocycles. The number of sulfone groups is 1. The maximum Gasteiger partial charge on any atom is 0.231 e. The first kappa shape index (κ1) is 13.8. The van der Waals surface area contributed by atoms with Gasteiger partial charge in [-0.2, -0.15) is 0 Å². The van der Waals surface area contributed by atoms with Gasteiger partial charge in [-0.15, -0.1) is 0 Å². The fraction of sp³-hybridized carbons (Fsp3) is 0.909. The molecule has 6 nitrogen and oxygen atoms in total. The van der Waals surface area contributed by atoms with Crippen LogP contribution in [-0.4, -0.2) is 62.4 Å². The van der Waals surface area contributed by atoms with Gasteiger partial charge in [0.2, 0.25) is 5.91 Å². The standard InChI is InChI=1S/C11H21N3O3S/c12-11(15)7-14-4-1-9(2-5-14)13-10-3-6-18(16,17)8-10/h9-10,13H,1-8H2,(H2,12,15). The molecule has 0 radical (unpaired) electrons.